The van der Waals surface area contributed by atoms with Gasteiger partial charge < -0.3 is 18.5 Å². The normalized spacial score (nSPS) is 41.7. The lowest BCUT2D eigenvalue weighted by atomic mass is 9.77. The number of nitrogens with zero attached hydrogens (tertiary/aromatic N) is 1. The molecule has 4 heterocycles. The summed E-state index contributed by atoms with van der Waals surface area (Å²) in [6.45, 7) is 12.5. The van der Waals surface area contributed by atoms with E-state index in [1.807, 2.05) is 6.92 Å². The smallest absolute Gasteiger partial charge is 0.330 e. The number of nitrogens with one attached hydrogen (secondary N) is 1. The van der Waals surface area contributed by atoms with Gasteiger partial charge in [-0.1, -0.05) is 30.5 Å². The largest absolute Gasteiger partial charge is 0.368 e. The van der Waals surface area contributed by atoms with Gasteiger partial charge in [-0.2, -0.15) is 27.0 Å². The van der Waals surface area contributed by atoms with Gasteiger partial charge in [0, 0.05) is 16.5 Å². The van der Waals surface area contributed by atoms with Crippen LogP contribution in [0.4, 0.5) is 0 Å². The van der Waals surface area contributed by atoms with Crippen LogP contribution < -0.4 is 11.2 Å². The molecule has 1 aliphatic carbocycles. The van der Waals surface area contributed by atoms with E-state index >= 15 is 0 Å². The molecule has 1 unspecified atom stereocenters. The molecule has 0 amide bonds. The van der Waals surface area contributed by atoms with Gasteiger partial charge in [-0.25, -0.2) is 4.79 Å². The topological polar surface area (TPSA) is 91.8 Å². The fourth-order valence-corrected chi connectivity index (χ4v) is 13.0. The van der Waals surface area contributed by atoms with Crippen molar-refractivity contribution in [3.05, 3.63) is 44.8 Å². The number of rotatable bonds is 5. The number of ether oxygens (including phenoxy) is 2. The number of allylic oxidation sites excluding steroid dienone is 1. The summed E-state index contributed by atoms with van der Waals surface area (Å²) < 4.78 is 27.0. The molecule has 198 valence electrons. The predicted molar refractivity (Wildman–Crippen MR) is 152 cm³/mol. The van der Waals surface area contributed by atoms with Crippen molar-refractivity contribution in [1.29, 1.82) is 0 Å². The summed E-state index contributed by atoms with van der Waals surface area (Å²) in [4.78, 5) is 26.7. The van der Waals surface area contributed by atoms with Crippen LogP contribution >= 0.6 is 44.1 Å². The minimum atomic E-state index is -2.67. The molecule has 1 aromatic rings. The van der Waals surface area contributed by atoms with Crippen LogP contribution in [0.15, 0.2) is 27.9 Å². The van der Waals surface area contributed by atoms with E-state index in [0.29, 0.717) is 24.5 Å². The first-order chi connectivity index (χ1) is 15.5. The Kier molecular flexibility index (Phi) is 8.65. The lowest BCUT2D eigenvalue weighted by molar-refractivity contribution is -0.175. The van der Waals surface area contributed by atoms with E-state index in [-0.39, 0.29) is 37.8 Å². The van der Waals surface area contributed by atoms with E-state index in [1.165, 1.54) is 16.3 Å². The van der Waals surface area contributed by atoms with Gasteiger partial charge in [0.2, 0.25) is 5.69 Å². The molecule has 0 aromatic carbocycles. The maximum Gasteiger partial charge on any atom is 0.330 e. The van der Waals surface area contributed by atoms with Crippen LogP contribution in [-0.2, 0) is 30.3 Å². The van der Waals surface area contributed by atoms with Crippen molar-refractivity contribution in [3.63, 3.8) is 0 Å². The van der Waals surface area contributed by atoms with Crippen molar-refractivity contribution < 1.29 is 18.5 Å². The molecular formula is C22H35N2O6PS4. The molecule has 1 saturated carbocycles. The number of aromatic nitrogens is 2. The van der Waals surface area contributed by atoms with Crippen LogP contribution in [0, 0.1) is 12.8 Å². The molecule has 8 nitrogen and oxygen atoms in total. The highest BCUT2D eigenvalue weighted by Crippen LogP contribution is 2.77. The van der Waals surface area contributed by atoms with Gasteiger partial charge in [-0.15, -0.1) is 0 Å². The predicted octanol–water partition coefficient (Wildman–Crippen LogP) is 4.02. The molecule has 8 atom stereocenters. The van der Waals surface area contributed by atoms with Crippen LogP contribution in [0.3, 0.4) is 0 Å². The first-order valence-corrected chi connectivity index (χ1v) is 15.5. The summed E-state index contributed by atoms with van der Waals surface area (Å²) in [6.07, 6.45) is 3.52. The number of hydrogen-bond donors (Lipinski definition) is 1. The molecule has 0 spiro atoms. The maximum atomic E-state index is 12.5. The minimum Gasteiger partial charge on any atom is -0.368 e. The summed E-state index contributed by atoms with van der Waals surface area (Å²) in [5, 5.41) is 0. The SMILES string of the molecule is C=C(C)[C@H]1CC[C@@]2(C)S[P@@](=S)(OC3[C@@H]4OC[C@]3(CC)O[C@H]4n3cc(C)c(=O)[nH]c3=O)O[C@@H]2C1.S.S. The second-order valence-electron chi connectivity index (χ2n) is 9.97. The van der Waals surface area contributed by atoms with Crippen LogP contribution in [0.25, 0.3) is 0 Å². The van der Waals surface area contributed by atoms with E-state index < -0.39 is 41.0 Å². The van der Waals surface area contributed by atoms with Crippen LogP contribution in [0.1, 0.15) is 58.2 Å². The first-order valence-electron chi connectivity index (χ1n) is 11.4. The fraction of sp³-hybridized carbons (Fsp3) is 0.727. The third-order valence-electron chi connectivity index (χ3n) is 7.68. The fourth-order valence-electron chi connectivity index (χ4n) is 5.45. The van der Waals surface area contributed by atoms with Crippen molar-refractivity contribution >= 4 is 55.9 Å². The second-order valence-corrected chi connectivity index (χ2v) is 16.5. The summed E-state index contributed by atoms with van der Waals surface area (Å²) in [6, 6.07) is 0. The van der Waals surface area contributed by atoms with E-state index in [9.17, 15) is 9.59 Å². The van der Waals surface area contributed by atoms with Gasteiger partial charge in [-0.3, -0.25) is 14.3 Å². The molecular weight excluding hydrogens is 547 g/mol. The minimum absolute atomic E-state index is 0. The zero-order valence-electron chi connectivity index (χ0n) is 20.4. The first kappa shape index (κ1) is 29.5. The van der Waals surface area contributed by atoms with Crippen LogP contribution in [-0.4, -0.2) is 44.8 Å². The Morgan fingerprint density at radius 2 is 2.14 bits per heavy atom. The standard InChI is InChI=1S/C22H31N2O6PS2.2H2S/c1-6-22-11-27-16(19(28-22)24-10-13(4)18(25)23-20(24)26)17(22)30-31(32)29-15-9-14(12(2)3)7-8-21(15,5)33-31;;/h10,14-17,19H,2,6-9,11H2,1,3-5H3,(H,23,25,26);2*1H2/t14-,15+,16-,17?,19+,21+,22-,31+;;/m0../s1. The molecule has 13 heteroatoms. The molecule has 1 N–H and O–H groups in total. The van der Waals surface area contributed by atoms with Gasteiger partial charge in [0.1, 0.15) is 17.8 Å². The molecule has 4 aliphatic rings. The zero-order chi connectivity index (χ0) is 23.8. The number of aryl methyl sites for hydroxylation is 1. The molecule has 3 aliphatic heterocycles. The van der Waals surface area contributed by atoms with Crippen LogP contribution in [0.5, 0.6) is 0 Å². The molecule has 0 radical (unpaired) electrons. The van der Waals surface area contributed by atoms with Gasteiger partial charge >= 0.3 is 5.69 Å². The Morgan fingerprint density at radius 1 is 1.43 bits per heavy atom. The van der Waals surface area contributed by atoms with Gasteiger partial charge in [-0.05, 0) is 64.2 Å². The van der Waals surface area contributed by atoms with Crippen LogP contribution in [0.2, 0.25) is 0 Å². The second kappa shape index (κ2) is 10.3. The Balaban J connectivity index is 0.00000171. The third kappa shape index (κ3) is 4.92. The maximum absolute atomic E-state index is 12.5. The molecule has 3 saturated heterocycles. The Morgan fingerprint density at radius 3 is 2.80 bits per heavy atom. The molecule has 35 heavy (non-hydrogen) atoms. The highest BCUT2D eigenvalue weighted by molar-refractivity contribution is 8.68. The van der Waals surface area contributed by atoms with Crippen molar-refractivity contribution in [1.82, 2.24) is 9.55 Å². The van der Waals surface area contributed by atoms with Gasteiger partial charge in [0.05, 0.1) is 12.7 Å². The molecule has 5 rings (SSSR count). The lowest BCUT2D eigenvalue weighted by Gasteiger charge is -2.37. The zero-order valence-corrected chi connectivity index (χ0v) is 24.9. The van der Waals surface area contributed by atoms with E-state index in [1.54, 1.807) is 18.3 Å². The van der Waals surface area contributed by atoms with Crippen molar-refractivity contribution in [2.45, 2.75) is 88.3 Å². The van der Waals surface area contributed by atoms with E-state index in [0.717, 1.165) is 19.3 Å². The summed E-state index contributed by atoms with van der Waals surface area (Å²) >= 11 is 7.69. The highest BCUT2D eigenvalue weighted by atomic mass is 32.9. The monoisotopic (exact) mass is 582 g/mol. The highest BCUT2D eigenvalue weighted by Gasteiger charge is 2.65. The molecule has 4 fully saturated rings. The Labute approximate surface area is 228 Å². The summed E-state index contributed by atoms with van der Waals surface area (Å²) in [7, 11) is 0. The molecule has 1 aromatic heterocycles. The molecule has 2 bridgehead atoms. The lowest BCUT2D eigenvalue weighted by Crippen LogP contribution is -2.41. The number of aromatic amines is 1. The van der Waals surface area contributed by atoms with Crippen molar-refractivity contribution in [2.75, 3.05) is 6.61 Å². The van der Waals surface area contributed by atoms with E-state index in [2.05, 4.69) is 25.4 Å². The average Bonchev–Trinajstić information content (AvgIpc) is 3.33. The number of hydrogen-bond acceptors (Lipinski definition) is 8. The quantitative estimate of drug-likeness (QED) is 0.411. The average molecular weight is 583 g/mol. The summed E-state index contributed by atoms with van der Waals surface area (Å²) in [5.74, 6) is 0.446. The van der Waals surface area contributed by atoms with Gasteiger partial charge in [0.15, 0.2) is 6.23 Å². The Bertz CT molecular complexity index is 1160. The van der Waals surface area contributed by atoms with Crippen molar-refractivity contribution in [2.24, 2.45) is 5.92 Å². The Hall–Kier alpha value is -0.0400. The number of fused-ring (bicyclic) bond motifs is 3. The number of H-pyrrole nitrogens is 1. The van der Waals surface area contributed by atoms with Gasteiger partial charge in [0.25, 0.3) is 5.56 Å². The third-order valence-corrected chi connectivity index (χ3v) is 13.4. The summed E-state index contributed by atoms with van der Waals surface area (Å²) in [5.41, 5.74) is -2.71. The van der Waals surface area contributed by atoms with Crippen molar-refractivity contribution in [3.8, 4) is 0 Å². The van der Waals surface area contributed by atoms with E-state index in [4.69, 9.17) is 30.3 Å².